The zero-order valence-corrected chi connectivity index (χ0v) is 18.5. The van der Waals surface area contributed by atoms with Gasteiger partial charge in [-0.05, 0) is 55.3 Å². The van der Waals surface area contributed by atoms with Crippen LogP contribution in [0.15, 0.2) is 52.9 Å². The Morgan fingerprint density at radius 1 is 1.06 bits per heavy atom. The van der Waals surface area contributed by atoms with E-state index in [4.69, 9.17) is 31.7 Å². The number of fused-ring (bicyclic) bond motifs is 2. The summed E-state index contributed by atoms with van der Waals surface area (Å²) in [5.74, 6) is 1.62. The van der Waals surface area contributed by atoms with Crippen molar-refractivity contribution in [2.75, 3.05) is 5.73 Å². The molecule has 5 nitrogen and oxygen atoms in total. The Kier molecular flexibility index (Phi) is 4.71. The maximum atomic E-state index is 6.73. The number of anilines is 1. The molecule has 2 N–H and O–H groups in total. The molecule has 2 aromatic carbocycles. The Balaban J connectivity index is 1.61. The SMILES string of the molecule is CCc1nc2c(C)cc(C)nc2n1Cc1ccc2oc(-c3ccccc3N)c(Cl)c2c1. The number of halogens is 1. The minimum atomic E-state index is 0.575. The van der Waals surface area contributed by atoms with Crippen molar-refractivity contribution < 1.29 is 4.42 Å². The van der Waals surface area contributed by atoms with Gasteiger partial charge in [-0.2, -0.15) is 0 Å². The highest BCUT2D eigenvalue weighted by atomic mass is 35.5. The van der Waals surface area contributed by atoms with Crippen LogP contribution in [0.25, 0.3) is 33.5 Å². The highest BCUT2D eigenvalue weighted by Crippen LogP contribution is 2.40. The Bertz CT molecular complexity index is 1450. The number of rotatable bonds is 4. The molecule has 0 atom stereocenters. The van der Waals surface area contributed by atoms with Crippen molar-refractivity contribution in [3.05, 3.63) is 76.2 Å². The highest BCUT2D eigenvalue weighted by Gasteiger charge is 2.18. The Hall–Kier alpha value is -3.31. The first kappa shape index (κ1) is 19.6. The lowest BCUT2D eigenvalue weighted by Crippen LogP contribution is -2.05. The summed E-state index contributed by atoms with van der Waals surface area (Å²) < 4.78 is 8.25. The van der Waals surface area contributed by atoms with Crippen LogP contribution in [0.5, 0.6) is 0 Å². The number of pyridine rings is 1. The van der Waals surface area contributed by atoms with Crippen LogP contribution in [0.2, 0.25) is 5.02 Å². The van der Waals surface area contributed by atoms with E-state index in [0.717, 1.165) is 56.8 Å². The van der Waals surface area contributed by atoms with E-state index in [1.54, 1.807) is 0 Å². The lowest BCUT2D eigenvalue weighted by Gasteiger charge is -2.08. The fourth-order valence-corrected chi connectivity index (χ4v) is 4.45. The van der Waals surface area contributed by atoms with Crippen molar-refractivity contribution in [1.29, 1.82) is 0 Å². The molecule has 5 aromatic rings. The number of aromatic nitrogens is 3. The van der Waals surface area contributed by atoms with Gasteiger partial charge in [0.05, 0.1) is 11.6 Å². The molecule has 0 fully saturated rings. The van der Waals surface area contributed by atoms with Gasteiger partial charge in [0.1, 0.15) is 16.9 Å². The van der Waals surface area contributed by atoms with E-state index in [-0.39, 0.29) is 0 Å². The molecule has 0 aliphatic carbocycles. The normalized spacial score (nSPS) is 11.6. The summed E-state index contributed by atoms with van der Waals surface area (Å²) in [4.78, 5) is 9.62. The number of imidazole rings is 1. The summed E-state index contributed by atoms with van der Waals surface area (Å²) in [6.07, 6.45) is 0.834. The number of nitrogens with zero attached hydrogens (tertiary/aromatic N) is 3. The summed E-state index contributed by atoms with van der Waals surface area (Å²) in [7, 11) is 0. The molecule has 0 saturated carbocycles. The van der Waals surface area contributed by atoms with Gasteiger partial charge in [0.25, 0.3) is 0 Å². The molecular formula is C25H23ClN4O. The molecule has 3 heterocycles. The summed E-state index contributed by atoms with van der Waals surface area (Å²) in [5.41, 5.74) is 13.4. The fraction of sp³-hybridized carbons (Fsp3) is 0.200. The molecule has 0 amide bonds. The van der Waals surface area contributed by atoms with Crippen molar-refractivity contribution in [2.24, 2.45) is 0 Å². The second-order valence-electron chi connectivity index (χ2n) is 7.88. The Morgan fingerprint density at radius 2 is 1.87 bits per heavy atom. The molecular weight excluding hydrogens is 408 g/mol. The molecule has 0 aliphatic heterocycles. The standard InChI is InChI=1S/C25H23ClN4O/c1-4-21-29-23-14(2)11-15(3)28-25(23)30(21)13-16-9-10-20-18(12-16)22(26)24(31-20)17-7-5-6-8-19(17)27/h5-12H,4,13,27H2,1-3H3. The first-order valence-electron chi connectivity index (χ1n) is 10.4. The largest absolute Gasteiger partial charge is 0.454 e. The van der Waals surface area contributed by atoms with Crippen molar-refractivity contribution in [3.63, 3.8) is 0 Å². The monoisotopic (exact) mass is 430 g/mol. The number of benzene rings is 2. The maximum absolute atomic E-state index is 6.73. The van der Waals surface area contributed by atoms with Gasteiger partial charge in [0, 0.05) is 28.8 Å². The summed E-state index contributed by atoms with van der Waals surface area (Å²) in [6.45, 7) is 6.88. The average Bonchev–Trinajstić information content (AvgIpc) is 3.26. The highest BCUT2D eigenvalue weighted by molar-refractivity contribution is 6.38. The second-order valence-corrected chi connectivity index (χ2v) is 8.26. The van der Waals surface area contributed by atoms with Crippen LogP contribution in [-0.2, 0) is 13.0 Å². The Morgan fingerprint density at radius 3 is 2.65 bits per heavy atom. The van der Waals surface area contributed by atoms with Gasteiger partial charge in [-0.1, -0.05) is 36.7 Å². The zero-order chi connectivity index (χ0) is 21.7. The van der Waals surface area contributed by atoms with E-state index in [1.165, 1.54) is 0 Å². The number of hydrogen-bond donors (Lipinski definition) is 1. The van der Waals surface area contributed by atoms with Crippen LogP contribution in [-0.4, -0.2) is 14.5 Å². The van der Waals surface area contributed by atoms with Crippen molar-refractivity contribution >= 4 is 39.4 Å². The van der Waals surface area contributed by atoms with Crippen LogP contribution in [0, 0.1) is 13.8 Å². The smallest absolute Gasteiger partial charge is 0.160 e. The number of para-hydroxylation sites is 1. The fourth-order valence-electron chi connectivity index (χ4n) is 4.16. The number of furan rings is 1. The van der Waals surface area contributed by atoms with Crippen LogP contribution >= 0.6 is 11.6 Å². The predicted molar refractivity (Wildman–Crippen MR) is 127 cm³/mol. The summed E-state index contributed by atoms with van der Waals surface area (Å²) in [5, 5.41) is 1.45. The summed E-state index contributed by atoms with van der Waals surface area (Å²) in [6, 6.07) is 15.8. The topological polar surface area (TPSA) is 69.9 Å². The van der Waals surface area contributed by atoms with Gasteiger partial charge in [-0.3, -0.25) is 0 Å². The van der Waals surface area contributed by atoms with Gasteiger partial charge in [0.15, 0.2) is 11.4 Å². The molecule has 5 rings (SSSR count). The van der Waals surface area contributed by atoms with Crippen molar-refractivity contribution in [3.8, 4) is 11.3 Å². The molecule has 3 aromatic heterocycles. The third-order valence-corrected chi connectivity index (χ3v) is 6.03. The van der Waals surface area contributed by atoms with E-state index in [0.29, 0.717) is 23.0 Å². The molecule has 0 radical (unpaired) electrons. The van der Waals surface area contributed by atoms with E-state index in [9.17, 15) is 0 Å². The number of aryl methyl sites for hydroxylation is 3. The van der Waals surface area contributed by atoms with Crippen LogP contribution in [0.3, 0.4) is 0 Å². The molecule has 6 heteroatoms. The van der Waals surface area contributed by atoms with E-state index >= 15 is 0 Å². The third-order valence-electron chi connectivity index (χ3n) is 5.66. The van der Waals surface area contributed by atoms with Crippen molar-refractivity contribution in [2.45, 2.75) is 33.7 Å². The van der Waals surface area contributed by atoms with Gasteiger partial charge in [-0.15, -0.1) is 0 Å². The molecule has 31 heavy (non-hydrogen) atoms. The van der Waals surface area contributed by atoms with Gasteiger partial charge in [-0.25, -0.2) is 9.97 Å². The zero-order valence-electron chi connectivity index (χ0n) is 17.7. The average molecular weight is 431 g/mol. The van der Waals surface area contributed by atoms with E-state index in [1.807, 2.05) is 37.3 Å². The first-order chi connectivity index (χ1) is 15.0. The van der Waals surface area contributed by atoms with Crippen LogP contribution in [0.4, 0.5) is 5.69 Å². The minimum Gasteiger partial charge on any atom is -0.454 e. The minimum absolute atomic E-state index is 0.575. The maximum Gasteiger partial charge on any atom is 0.160 e. The third kappa shape index (κ3) is 3.26. The number of nitrogen functional groups attached to an aromatic ring is 1. The number of hydrogen-bond acceptors (Lipinski definition) is 4. The molecule has 0 saturated heterocycles. The lowest BCUT2D eigenvalue weighted by molar-refractivity contribution is 0.631. The molecule has 156 valence electrons. The molecule has 0 bridgehead atoms. The van der Waals surface area contributed by atoms with Gasteiger partial charge >= 0.3 is 0 Å². The summed E-state index contributed by atoms with van der Waals surface area (Å²) >= 11 is 6.73. The molecule has 0 spiro atoms. The number of nitrogens with two attached hydrogens (primary N) is 1. The van der Waals surface area contributed by atoms with Crippen LogP contribution < -0.4 is 5.73 Å². The first-order valence-corrected chi connectivity index (χ1v) is 10.7. The second kappa shape index (κ2) is 7.43. The van der Waals surface area contributed by atoms with E-state index in [2.05, 4.69) is 36.6 Å². The predicted octanol–water partition coefficient (Wildman–Crippen LogP) is 6.31. The molecule has 0 aliphatic rings. The molecule has 0 unspecified atom stereocenters. The van der Waals surface area contributed by atoms with Gasteiger partial charge in [0.2, 0.25) is 0 Å². The quantitative estimate of drug-likeness (QED) is 0.339. The van der Waals surface area contributed by atoms with Crippen molar-refractivity contribution in [1.82, 2.24) is 14.5 Å². The van der Waals surface area contributed by atoms with Gasteiger partial charge < -0.3 is 14.7 Å². The van der Waals surface area contributed by atoms with Crippen LogP contribution in [0.1, 0.15) is 29.6 Å². The Labute approximate surface area is 185 Å². The van der Waals surface area contributed by atoms with E-state index < -0.39 is 0 Å². The lowest BCUT2D eigenvalue weighted by atomic mass is 10.1.